The van der Waals surface area contributed by atoms with Gasteiger partial charge in [-0.1, -0.05) is 18.2 Å². The van der Waals surface area contributed by atoms with Gasteiger partial charge in [0.1, 0.15) is 22.4 Å². The monoisotopic (exact) mass is 530 g/mol. The number of esters is 2. The molecular formula is C24H26N4O8S. The first-order chi connectivity index (χ1) is 17.6. The van der Waals surface area contributed by atoms with Crippen molar-refractivity contribution in [3.05, 3.63) is 47.2 Å². The number of benzene rings is 1. The van der Waals surface area contributed by atoms with Gasteiger partial charge in [-0.2, -0.15) is 5.10 Å². The van der Waals surface area contributed by atoms with Crippen LogP contribution in [0.3, 0.4) is 0 Å². The molecule has 0 spiro atoms. The Morgan fingerprint density at radius 3 is 2.46 bits per heavy atom. The number of ketones is 1. The lowest BCUT2D eigenvalue weighted by Gasteiger charge is -2.50. The van der Waals surface area contributed by atoms with E-state index in [2.05, 4.69) is 15.8 Å². The molecular weight excluding hydrogens is 504 g/mol. The minimum Gasteiger partial charge on any atom is -0.464 e. The van der Waals surface area contributed by atoms with Crippen LogP contribution in [0, 0.1) is 5.92 Å². The molecule has 1 saturated heterocycles. The van der Waals surface area contributed by atoms with Gasteiger partial charge in [-0.15, -0.1) is 0 Å². The quantitative estimate of drug-likeness (QED) is 0.354. The van der Waals surface area contributed by atoms with Gasteiger partial charge in [0.05, 0.1) is 36.5 Å². The van der Waals surface area contributed by atoms with Crippen LogP contribution in [-0.2, 0) is 39.5 Å². The number of amides is 2. The van der Waals surface area contributed by atoms with E-state index in [-0.39, 0.29) is 29.2 Å². The van der Waals surface area contributed by atoms with Gasteiger partial charge in [0, 0.05) is 5.56 Å². The molecule has 12 nitrogen and oxygen atoms in total. The van der Waals surface area contributed by atoms with Gasteiger partial charge >= 0.3 is 11.9 Å². The highest BCUT2D eigenvalue weighted by molar-refractivity contribution is 7.87. The van der Waals surface area contributed by atoms with E-state index in [1.165, 1.54) is 6.92 Å². The van der Waals surface area contributed by atoms with E-state index in [1.807, 2.05) is 0 Å². The van der Waals surface area contributed by atoms with Crippen LogP contribution in [0.5, 0.6) is 0 Å². The summed E-state index contributed by atoms with van der Waals surface area (Å²) in [5.74, 6) is -4.65. The van der Waals surface area contributed by atoms with E-state index in [9.17, 15) is 28.2 Å². The zero-order valence-corrected chi connectivity index (χ0v) is 21.4. The molecule has 3 aliphatic rings. The maximum atomic E-state index is 13.8. The Bertz CT molecular complexity index is 1260. The molecule has 196 valence electrons. The van der Waals surface area contributed by atoms with Crippen molar-refractivity contribution in [2.45, 2.75) is 43.5 Å². The van der Waals surface area contributed by atoms with Gasteiger partial charge in [0.15, 0.2) is 11.5 Å². The molecule has 1 fully saturated rings. The molecule has 4 rings (SSSR count). The number of hydrogen-bond acceptors (Lipinski definition) is 10. The standard InChI is InChI=1S/C24H26N4O8S/c1-5-36-23(32)15-14(12(3)26-27-15)18(29)19-11(2)17(24(33)35-4)28-21(31)16(22(28)37(19)34)25-20(30)13-9-7-6-8-10-13/h6-10,12,14,16,19,22,26H,5H2,1-4H3,(H,25,30)/t12-,14-,16+,19-,22+,37?/m0/s1. The van der Waals surface area contributed by atoms with Crippen LogP contribution in [0.4, 0.5) is 0 Å². The maximum absolute atomic E-state index is 13.8. The Morgan fingerprint density at radius 1 is 1.16 bits per heavy atom. The van der Waals surface area contributed by atoms with E-state index in [4.69, 9.17) is 9.47 Å². The highest BCUT2D eigenvalue weighted by Crippen LogP contribution is 2.40. The summed E-state index contributed by atoms with van der Waals surface area (Å²) < 4.78 is 23.7. The molecule has 2 amide bonds. The molecule has 0 bridgehead atoms. The molecule has 0 aromatic heterocycles. The van der Waals surface area contributed by atoms with E-state index in [1.54, 1.807) is 44.2 Å². The summed E-state index contributed by atoms with van der Waals surface area (Å²) in [7, 11) is -0.973. The molecule has 1 aromatic carbocycles. The molecule has 13 heteroatoms. The summed E-state index contributed by atoms with van der Waals surface area (Å²) in [6.07, 6.45) is 0. The fourth-order valence-corrected chi connectivity index (χ4v) is 6.66. The average Bonchev–Trinajstić information content (AvgIpc) is 3.28. The maximum Gasteiger partial charge on any atom is 0.355 e. The second kappa shape index (κ2) is 10.2. The van der Waals surface area contributed by atoms with Crippen LogP contribution >= 0.6 is 0 Å². The van der Waals surface area contributed by atoms with Crippen LogP contribution in [0.2, 0.25) is 0 Å². The zero-order chi connectivity index (χ0) is 27.0. The number of nitrogens with one attached hydrogen (secondary N) is 2. The summed E-state index contributed by atoms with van der Waals surface area (Å²) in [4.78, 5) is 65.7. The summed E-state index contributed by atoms with van der Waals surface area (Å²) >= 11 is 0. The Hall–Kier alpha value is -3.87. The summed E-state index contributed by atoms with van der Waals surface area (Å²) in [5, 5.41) is 3.95. The second-order valence-corrected chi connectivity index (χ2v) is 10.3. The molecule has 3 aliphatic heterocycles. The fraction of sp³-hybridized carbons (Fsp3) is 0.417. The lowest BCUT2D eigenvalue weighted by molar-refractivity contribution is -0.150. The molecule has 0 saturated carbocycles. The summed E-state index contributed by atoms with van der Waals surface area (Å²) in [5.41, 5.74) is 2.66. The van der Waals surface area contributed by atoms with Crippen molar-refractivity contribution in [2.75, 3.05) is 13.7 Å². The number of hydrogen-bond donors (Lipinski definition) is 2. The first-order valence-corrected chi connectivity index (χ1v) is 12.8. The van der Waals surface area contributed by atoms with Crippen LogP contribution in [0.15, 0.2) is 46.7 Å². The van der Waals surface area contributed by atoms with Gasteiger partial charge in [-0.05, 0) is 38.5 Å². The van der Waals surface area contributed by atoms with Gasteiger partial charge in [0.2, 0.25) is 0 Å². The smallest absolute Gasteiger partial charge is 0.355 e. The third-order valence-corrected chi connectivity index (χ3v) is 8.46. The van der Waals surface area contributed by atoms with Crippen molar-refractivity contribution >= 4 is 46.0 Å². The molecule has 6 atom stereocenters. The number of methoxy groups -OCH3 is 1. The van der Waals surface area contributed by atoms with Crippen molar-refractivity contribution in [1.82, 2.24) is 15.6 Å². The van der Waals surface area contributed by atoms with Crippen LogP contribution in [0.1, 0.15) is 31.1 Å². The second-order valence-electron chi connectivity index (χ2n) is 8.66. The number of carbonyl (C=O) groups is 5. The van der Waals surface area contributed by atoms with Gasteiger partial charge < -0.3 is 20.2 Å². The number of β-lactam (4-membered cyclic amide) rings is 1. The number of fused-ring (bicyclic) bond motifs is 1. The number of ether oxygens (including phenoxy) is 2. The minimum absolute atomic E-state index is 0.0647. The first-order valence-electron chi connectivity index (χ1n) is 11.5. The van der Waals surface area contributed by atoms with Crippen molar-refractivity contribution in [3.8, 4) is 0 Å². The molecule has 0 radical (unpaired) electrons. The summed E-state index contributed by atoms with van der Waals surface area (Å²) in [6, 6.07) is 6.27. The summed E-state index contributed by atoms with van der Waals surface area (Å²) in [6.45, 7) is 4.72. The largest absolute Gasteiger partial charge is 0.464 e. The molecule has 2 N–H and O–H groups in total. The van der Waals surface area contributed by atoms with Gasteiger partial charge in [-0.25, -0.2) is 9.59 Å². The Labute approximate surface area is 214 Å². The highest BCUT2D eigenvalue weighted by Gasteiger charge is 2.61. The molecule has 3 heterocycles. The first kappa shape index (κ1) is 26.2. The number of rotatable bonds is 7. The molecule has 37 heavy (non-hydrogen) atoms. The van der Waals surface area contributed by atoms with E-state index < -0.39 is 69.0 Å². The third-order valence-electron chi connectivity index (χ3n) is 6.46. The number of Topliss-reactive ketones (excluding diaryl/α,β-unsaturated/α-hetero) is 1. The lowest BCUT2D eigenvalue weighted by atomic mass is 9.87. The van der Waals surface area contributed by atoms with Gasteiger partial charge in [-0.3, -0.25) is 23.5 Å². The fourth-order valence-electron chi connectivity index (χ4n) is 4.67. The number of nitrogens with zero attached hydrogens (tertiary/aromatic N) is 2. The molecule has 1 aromatic rings. The SMILES string of the molecule is CCOC(=O)C1=NN[C@@H](C)[C@@H]1C(=O)[C@@H]1C(C)=C(C(=O)OC)N2C(=O)[C@@H](NC(=O)c3ccccc3)[C@H]2S1=O. The Kier molecular flexibility index (Phi) is 7.25. The third kappa shape index (κ3) is 4.32. The topological polar surface area (TPSA) is 161 Å². The normalized spacial score (nSPS) is 28.4. The predicted molar refractivity (Wildman–Crippen MR) is 130 cm³/mol. The Balaban J connectivity index is 1.70. The molecule has 1 unspecified atom stereocenters. The zero-order valence-electron chi connectivity index (χ0n) is 20.5. The number of hydrazone groups is 1. The molecule has 0 aliphatic carbocycles. The number of carbonyl (C=O) groups excluding carboxylic acids is 5. The minimum atomic E-state index is -2.09. The van der Waals surface area contributed by atoms with E-state index >= 15 is 0 Å². The Morgan fingerprint density at radius 2 is 1.84 bits per heavy atom. The van der Waals surface area contributed by atoms with Crippen LogP contribution in [0.25, 0.3) is 0 Å². The highest BCUT2D eigenvalue weighted by atomic mass is 32.2. The van der Waals surface area contributed by atoms with Crippen molar-refractivity contribution in [1.29, 1.82) is 0 Å². The van der Waals surface area contributed by atoms with Crippen molar-refractivity contribution in [2.24, 2.45) is 11.0 Å². The van der Waals surface area contributed by atoms with Crippen LogP contribution < -0.4 is 10.7 Å². The predicted octanol–water partition coefficient (Wildman–Crippen LogP) is -0.373. The van der Waals surface area contributed by atoms with E-state index in [0.29, 0.717) is 0 Å². The van der Waals surface area contributed by atoms with Gasteiger partial charge in [0.25, 0.3) is 11.8 Å². The van der Waals surface area contributed by atoms with Crippen LogP contribution in [-0.4, -0.2) is 80.8 Å². The van der Waals surface area contributed by atoms with Crippen molar-refractivity contribution < 1.29 is 37.7 Å². The lowest BCUT2D eigenvalue weighted by Crippen LogP contribution is -2.75. The van der Waals surface area contributed by atoms with Crippen molar-refractivity contribution in [3.63, 3.8) is 0 Å². The van der Waals surface area contributed by atoms with E-state index in [0.717, 1.165) is 12.0 Å². The average molecular weight is 531 g/mol.